The lowest BCUT2D eigenvalue weighted by Crippen LogP contribution is -2.38. The third-order valence-electron chi connectivity index (χ3n) is 2.92. The fourth-order valence-corrected chi connectivity index (χ4v) is 2.33. The van der Waals surface area contributed by atoms with Gasteiger partial charge in [-0.05, 0) is 44.0 Å². The third kappa shape index (κ3) is 3.00. The van der Waals surface area contributed by atoms with Crippen LogP contribution in [0.5, 0.6) is 5.75 Å². The maximum absolute atomic E-state index is 12.0. The van der Waals surface area contributed by atoms with Crippen molar-refractivity contribution in [2.45, 2.75) is 25.3 Å². The molecule has 1 aromatic rings. The monoisotopic (exact) mass is 297 g/mol. The van der Waals surface area contributed by atoms with Gasteiger partial charge in [0.2, 0.25) is 0 Å². The maximum atomic E-state index is 12.0. The first-order chi connectivity index (χ1) is 8.19. The number of benzene rings is 1. The van der Waals surface area contributed by atoms with Crippen LogP contribution in [-0.4, -0.2) is 23.4 Å². The normalized spacial score (nSPS) is 16.4. The number of carbonyl (C=O) groups excluding carboxylic acids is 1. The van der Waals surface area contributed by atoms with Crippen LogP contribution >= 0.6 is 15.9 Å². The molecule has 0 bridgehead atoms. The number of ether oxygens (including phenoxy) is 1. The van der Waals surface area contributed by atoms with Gasteiger partial charge < -0.3 is 10.1 Å². The van der Waals surface area contributed by atoms with Gasteiger partial charge >= 0.3 is 0 Å². The predicted octanol–water partition coefficient (Wildman–Crippen LogP) is 2.74. The van der Waals surface area contributed by atoms with E-state index >= 15 is 0 Å². The Kier molecular flexibility index (Phi) is 3.72. The molecule has 1 aliphatic rings. The molecule has 0 heterocycles. The number of rotatable bonds is 5. The summed E-state index contributed by atoms with van der Waals surface area (Å²) in [6.45, 7) is 2.58. The zero-order valence-corrected chi connectivity index (χ0v) is 11.4. The van der Waals surface area contributed by atoms with E-state index in [-0.39, 0.29) is 11.4 Å². The summed E-state index contributed by atoms with van der Waals surface area (Å²) in [5.41, 5.74) is 0.677. The molecule has 1 amide bonds. The minimum Gasteiger partial charge on any atom is -0.494 e. The van der Waals surface area contributed by atoms with Gasteiger partial charge in [-0.3, -0.25) is 4.79 Å². The highest BCUT2D eigenvalue weighted by molar-refractivity contribution is 9.09. The lowest BCUT2D eigenvalue weighted by Gasteiger charge is -2.14. The van der Waals surface area contributed by atoms with Crippen LogP contribution in [0.3, 0.4) is 0 Å². The Bertz CT molecular complexity index is 398. The highest BCUT2D eigenvalue weighted by atomic mass is 79.9. The average molecular weight is 298 g/mol. The van der Waals surface area contributed by atoms with Crippen molar-refractivity contribution in [2.24, 2.45) is 0 Å². The Balaban J connectivity index is 1.99. The minimum atomic E-state index is -0.00926. The van der Waals surface area contributed by atoms with Gasteiger partial charge in [0.05, 0.1) is 12.1 Å². The van der Waals surface area contributed by atoms with E-state index in [0.717, 1.165) is 23.9 Å². The van der Waals surface area contributed by atoms with Gasteiger partial charge in [0.15, 0.2) is 0 Å². The summed E-state index contributed by atoms with van der Waals surface area (Å²) in [6, 6.07) is 7.24. The Morgan fingerprint density at radius 2 is 2.06 bits per heavy atom. The fraction of sp³-hybridized carbons (Fsp3) is 0.462. The second-order valence-electron chi connectivity index (χ2n) is 4.33. The SMILES string of the molecule is CCOc1ccc(C(=O)NC2(CBr)CC2)cc1. The third-order valence-corrected chi connectivity index (χ3v) is 3.99. The average Bonchev–Trinajstić information content (AvgIpc) is 3.11. The lowest BCUT2D eigenvalue weighted by molar-refractivity contribution is 0.0936. The van der Waals surface area contributed by atoms with Gasteiger partial charge in [-0.15, -0.1) is 0 Å². The van der Waals surface area contributed by atoms with Crippen LogP contribution in [0, 0.1) is 0 Å². The van der Waals surface area contributed by atoms with E-state index in [1.165, 1.54) is 0 Å². The van der Waals surface area contributed by atoms with Crippen LogP contribution in [0.2, 0.25) is 0 Å². The summed E-state index contributed by atoms with van der Waals surface area (Å²) >= 11 is 3.43. The molecule has 4 heteroatoms. The van der Waals surface area contributed by atoms with E-state index in [1.54, 1.807) is 12.1 Å². The van der Waals surface area contributed by atoms with Crippen molar-refractivity contribution in [1.29, 1.82) is 0 Å². The van der Waals surface area contributed by atoms with Crippen molar-refractivity contribution in [3.05, 3.63) is 29.8 Å². The maximum Gasteiger partial charge on any atom is 0.251 e. The molecule has 17 heavy (non-hydrogen) atoms. The molecule has 0 spiro atoms. The fourth-order valence-electron chi connectivity index (χ4n) is 1.63. The van der Waals surface area contributed by atoms with Gasteiger partial charge in [-0.2, -0.15) is 0 Å². The summed E-state index contributed by atoms with van der Waals surface area (Å²) < 4.78 is 5.34. The smallest absolute Gasteiger partial charge is 0.251 e. The number of halogens is 1. The standard InChI is InChI=1S/C13H16BrNO2/c1-2-17-11-5-3-10(4-6-11)12(16)15-13(9-14)7-8-13/h3-6H,2,7-9H2,1H3,(H,15,16). The Morgan fingerprint density at radius 1 is 1.41 bits per heavy atom. The molecule has 2 rings (SSSR count). The Morgan fingerprint density at radius 3 is 2.53 bits per heavy atom. The zero-order valence-electron chi connectivity index (χ0n) is 9.83. The second kappa shape index (κ2) is 5.08. The first-order valence-electron chi connectivity index (χ1n) is 5.80. The highest BCUT2D eigenvalue weighted by Gasteiger charge is 2.42. The van der Waals surface area contributed by atoms with Crippen LogP contribution in [0.25, 0.3) is 0 Å². The number of alkyl halides is 1. The van der Waals surface area contributed by atoms with E-state index in [2.05, 4.69) is 21.2 Å². The van der Waals surface area contributed by atoms with E-state index < -0.39 is 0 Å². The first kappa shape index (κ1) is 12.4. The molecule has 1 N–H and O–H groups in total. The summed E-state index contributed by atoms with van der Waals surface area (Å²) in [7, 11) is 0. The van der Waals surface area contributed by atoms with Crippen molar-refractivity contribution >= 4 is 21.8 Å². The number of carbonyl (C=O) groups is 1. The van der Waals surface area contributed by atoms with Gasteiger partial charge in [-0.1, -0.05) is 15.9 Å². The van der Waals surface area contributed by atoms with Crippen LogP contribution in [0.1, 0.15) is 30.1 Å². The topological polar surface area (TPSA) is 38.3 Å². The number of amides is 1. The summed E-state index contributed by atoms with van der Waals surface area (Å²) in [5.74, 6) is 0.788. The lowest BCUT2D eigenvalue weighted by atomic mass is 10.2. The van der Waals surface area contributed by atoms with E-state index in [4.69, 9.17) is 4.74 Å². The Labute approximate surface area is 110 Å². The number of nitrogens with one attached hydrogen (secondary N) is 1. The molecule has 0 unspecified atom stereocenters. The zero-order chi connectivity index (χ0) is 12.3. The van der Waals surface area contributed by atoms with Crippen molar-refractivity contribution < 1.29 is 9.53 Å². The van der Waals surface area contributed by atoms with Gasteiger partial charge in [0.1, 0.15) is 5.75 Å². The summed E-state index contributed by atoms with van der Waals surface area (Å²) in [5, 5.41) is 3.88. The highest BCUT2D eigenvalue weighted by Crippen LogP contribution is 2.37. The number of hydrogen-bond acceptors (Lipinski definition) is 2. The molecule has 0 aromatic heterocycles. The van der Waals surface area contributed by atoms with E-state index in [0.29, 0.717) is 12.2 Å². The molecule has 0 radical (unpaired) electrons. The molecule has 0 saturated heterocycles. The molecule has 1 aromatic carbocycles. The molecule has 1 fully saturated rings. The molecule has 0 aliphatic heterocycles. The quantitative estimate of drug-likeness (QED) is 0.849. The largest absolute Gasteiger partial charge is 0.494 e. The van der Waals surface area contributed by atoms with Gasteiger partial charge in [0, 0.05) is 10.9 Å². The van der Waals surface area contributed by atoms with Crippen molar-refractivity contribution in [2.75, 3.05) is 11.9 Å². The molecule has 0 atom stereocenters. The molecular weight excluding hydrogens is 282 g/mol. The minimum absolute atomic E-state index is 0.00429. The molecule has 3 nitrogen and oxygen atoms in total. The van der Waals surface area contributed by atoms with Crippen LogP contribution < -0.4 is 10.1 Å². The van der Waals surface area contributed by atoms with E-state index in [1.807, 2.05) is 19.1 Å². The molecular formula is C13H16BrNO2. The Hall–Kier alpha value is -1.03. The molecule has 1 aliphatic carbocycles. The molecule has 1 saturated carbocycles. The van der Waals surface area contributed by atoms with Gasteiger partial charge in [-0.25, -0.2) is 0 Å². The second-order valence-corrected chi connectivity index (χ2v) is 4.89. The molecule has 92 valence electrons. The predicted molar refractivity (Wildman–Crippen MR) is 70.8 cm³/mol. The van der Waals surface area contributed by atoms with Crippen molar-refractivity contribution in [3.8, 4) is 5.75 Å². The van der Waals surface area contributed by atoms with Crippen LogP contribution in [0.4, 0.5) is 0 Å². The first-order valence-corrected chi connectivity index (χ1v) is 6.92. The van der Waals surface area contributed by atoms with Crippen LogP contribution in [0.15, 0.2) is 24.3 Å². The van der Waals surface area contributed by atoms with E-state index in [9.17, 15) is 4.79 Å². The van der Waals surface area contributed by atoms with Gasteiger partial charge in [0.25, 0.3) is 5.91 Å². The number of hydrogen-bond donors (Lipinski definition) is 1. The van der Waals surface area contributed by atoms with Crippen molar-refractivity contribution in [1.82, 2.24) is 5.32 Å². The van der Waals surface area contributed by atoms with Crippen molar-refractivity contribution in [3.63, 3.8) is 0 Å². The summed E-state index contributed by atoms with van der Waals surface area (Å²) in [6.07, 6.45) is 2.11. The summed E-state index contributed by atoms with van der Waals surface area (Å²) in [4.78, 5) is 12.0. The van der Waals surface area contributed by atoms with Crippen LogP contribution in [-0.2, 0) is 0 Å².